The lowest BCUT2D eigenvalue weighted by Crippen LogP contribution is -2.47. The van der Waals surface area contributed by atoms with Gasteiger partial charge in [0.15, 0.2) is 0 Å². The van der Waals surface area contributed by atoms with Crippen LogP contribution in [0.25, 0.3) is 10.9 Å². The van der Waals surface area contributed by atoms with Gasteiger partial charge < -0.3 is 4.98 Å². The van der Waals surface area contributed by atoms with Crippen molar-refractivity contribution in [1.82, 2.24) is 18.5 Å². The highest BCUT2D eigenvalue weighted by Crippen LogP contribution is 2.19. The molecule has 2 saturated heterocycles. The van der Waals surface area contributed by atoms with Gasteiger partial charge in [0.1, 0.15) is 0 Å². The van der Waals surface area contributed by atoms with Crippen LogP contribution in [0.1, 0.15) is 36.8 Å². The van der Waals surface area contributed by atoms with Crippen LogP contribution < -0.4 is 5.56 Å². The largest absolute Gasteiger partial charge is 0.321 e. The monoisotopic (exact) mass is 418 g/mol. The van der Waals surface area contributed by atoms with E-state index in [1.165, 1.54) is 0 Å². The zero-order chi connectivity index (χ0) is 20.4. The fourth-order valence-electron chi connectivity index (χ4n) is 4.38. The molecule has 8 heteroatoms. The van der Waals surface area contributed by atoms with Gasteiger partial charge in [-0.1, -0.05) is 24.6 Å². The number of fused-ring (bicyclic) bond motifs is 1. The third-order valence-corrected chi connectivity index (χ3v) is 8.11. The molecule has 0 radical (unpaired) electrons. The molecule has 158 valence electrons. The number of nitrogens with zero attached hydrogens (tertiary/aromatic N) is 3. The van der Waals surface area contributed by atoms with Gasteiger partial charge in [-0.25, -0.2) is 0 Å². The molecule has 0 aliphatic carbocycles. The number of piperidine rings is 1. The van der Waals surface area contributed by atoms with Crippen LogP contribution >= 0.6 is 0 Å². The van der Waals surface area contributed by atoms with E-state index in [1.54, 1.807) is 8.61 Å². The first kappa shape index (κ1) is 20.5. The lowest BCUT2D eigenvalue weighted by Gasteiger charge is -2.31. The summed E-state index contributed by atoms with van der Waals surface area (Å²) in [4.78, 5) is 17.8. The van der Waals surface area contributed by atoms with Crippen molar-refractivity contribution in [1.29, 1.82) is 0 Å². The number of pyridine rings is 1. The minimum Gasteiger partial charge on any atom is -0.321 e. The van der Waals surface area contributed by atoms with Gasteiger partial charge in [-0.15, -0.1) is 0 Å². The van der Waals surface area contributed by atoms with E-state index in [0.717, 1.165) is 54.3 Å². The van der Waals surface area contributed by atoms with Gasteiger partial charge in [0.2, 0.25) is 0 Å². The van der Waals surface area contributed by atoms with Gasteiger partial charge >= 0.3 is 0 Å². The third-order valence-electron chi connectivity index (χ3n) is 6.07. The Hall–Kier alpha value is -1.74. The summed E-state index contributed by atoms with van der Waals surface area (Å²) < 4.78 is 29.2. The quantitative estimate of drug-likeness (QED) is 0.825. The zero-order valence-electron chi connectivity index (χ0n) is 17.1. The second-order valence-electron chi connectivity index (χ2n) is 8.16. The molecule has 0 spiro atoms. The maximum Gasteiger partial charge on any atom is 0.282 e. The standard InChI is InChI=1S/C21H30N4O3S/c1-17-7-5-8-18-15-19(21(26)22-20(17)18)16-23-9-6-12-25(14-13-23)29(27,28)24-10-3-2-4-11-24/h5,7-8,15H,2-4,6,9-14,16H2,1H3,(H,22,26). The summed E-state index contributed by atoms with van der Waals surface area (Å²) in [5, 5.41) is 1.03. The summed E-state index contributed by atoms with van der Waals surface area (Å²) in [6.45, 7) is 6.24. The smallest absolute Gasteiger partial charge is 0.282 e. The zero-order valence-corrected chi connectivity index (χ0v) is 17.9. The number of benzene rings is 1. The number of aromatic amines is 1. The highest BCUT2D eigenvalue weighted by atomic mass is 32.2. The van der Waals surface area contributed by atoms with Crippen LogP contribution in [0.5, 0.6) is 0 Å². The van der Waals surface area contributed by atoms with Gasteiger partial charge in [0.25, 0.3) is 15.8 Å². The van der Waals surface area contributed by atoms with Crippen LogP contribution in [0, 0.1) is 6.92 Å². The summed E-state index contributed by atoms with van der Waals surface area (Å²) in [6.07, 6.45) is 3.78. The Morgan fingerprint density at radius 3 is 2.45 bits per heavy atom. The van der Waals surface area contributed by atoms with Gasteiger partial charge in [0, 0.05) is 44.8 Å². The molecule has 1 aromatic carbocycles. The topological polar surface area (TPSA) is 76.7 Å². The van der Waals surface area contributed by atoms with Crippen molar-refractivity contribution in [3.8, 4) is 0 Å². The predicted molar refractivity (Wildman–Crippen MR) is 115 cm³/mol. The van der Waals surface area contributed by atoms with Gasteiger partial charge in [-0.05, 0) is 49.7 Å². The molecule has 3 heterocycles. The predicted octanol–water partition coefficient (Wildman–Crippen LogP) is 2.07. The Morgan fingerprint density at radius 1 is 0.931 bits per heavy atom. The van der Waals surface area contributed by atoms with E-state index in [-0.39, 0.29) is 5.56 Å². The van der Waals surface area contributed by atoms with Crippen LogP contribution in [0.2, 0.25) is 0 Å². The second kappa shape index (κ2) is 8.55. The molecular formula is C21H30N4O3S. The van der Waals surface area contributed by atoms with Crippen molar-refractivity contribution >= 4 is 21.1 Å². The molecule has 0 bridgehead atoms. The second-order valence-corrected chi connectivity index (χ2v) is 10.1. The number of rotatable bonds is 4. The molecule has 0 saturated carbocycles. The highest BCUT2D eigenvalue weighted by Gasteiger charge is 2.31. The molecule has 1 N–H and O–H groups in total. The highest BCUT2D eigenvalue weighted by molar-refractivity contribution is 7.86. The molecule has 2 aliphatic rings. The molecule has 1 aromatic heterocycles. The van der Waals surface area contributed by atoms with Crippen molar-refractivity contribution in [2.24, 2.45) is 0 Å². The van der Waals surface area contributed by atoms with Crippen LogP contribution in [0.15, 0.2) is 29.1 Å². The first-order valence-electron chi connectivity index (χ1n) is 10.5. The number of nitrogens with one attached hydrogen (secondary N) is 1. The van der Waals surface area contributed by atoms with Crippen LogP contribution in [-0.2, 0) is 16.8 Å². The van der Waals surface area contributed by atoms with Crippen molar-refractivity contribution < 1.29 is 8.42 Å². The average molecular weight is 419 g/mol. The van der Waals surface area contributed by atoms with Gasteiger partial charge in [0.05, 0.1) is 5.52 Å². The minimum absolute atomic E-state index is 0.0613. The summed E-state index contributed by atoms with van der Waals surface area (Å²) >= 11 is 0. The first-order valence-corrected chi connectivity index (χ1v) is 11.9. The Balaban J connectivity index is 1.46. The van der Waals surface area contributed by atoms with Gasteiger partial charge in [-0.3, -0.25) is 9.69 Å². The molecule has 0 atom stereocenters. The normalized spacial score (nSPS) is 20.7. The molecule has 0 unspecified atom stereocenters. The number of para-hydroxylation sites is 1. The van der Waals surface area contributed by atoms with E-state index in [4.69, 9.17) is 0 Å². The number of aromatic nitrogens is 1. The Morgan fingerprint density at radius 2 is 1.66 bits per heavy atom. The Kier molecular flexibility index (Phi) is 6.06. The summed E-state index contributed by atoms with van der Waals surface area (Å²) in [5.74, 6) is 0. The van der Waals surface area contributed by atoms with Gasteiger partial charge in [-0.2, -0.15) is 17.0 Å². The SMILES string of the molecule is Cc1cccc2cc(CN3CCCN(S(=O)(=O)N4CCCCC4)CC3)c(=O)[nH]c12. The van der Waals surface area contributed by atoms with E-state index in [1.807, 2.05) is 31.2 Å². The molecule has 7 nitrogen and oxygen atoms in total. The minimum atomic E-state index is -3.37. The maximum atomic E-state index is 13.0. The molecule has 2 aromatic rings. The van der Waals surface area contributed by atoms with Crippen molar-refractivity contribution in [2.75, 3.05) is 39.3 Å². The molecule has 4 rings (SSSR count). The lowest BCUT2D eigenvalue weighted by atomic mass is 10.1. The molecule has 0 amide bonds. The Bertz CT molecular complexity index is 1030. The number of hydrogen-bond donors (Lipinski definition) is 1. The van der Waals surface area contributed by atoms with Crippen molar-refractivity contribution in [3.63, 3.8) is 0 Å². The van der Waals surface area contributed by atoms with Crippen LogP contribution in [0.3, 0.4) is 0 Å². The number of aryl methyl sites for hydroxylation is 1. The van der Waals surface area contributed by atoms with Crippen LogP contribution in [0.4, 0.5) is 0 Å². The summed E-state index contributed by atoms with van der Waals surface area (Å²) in [6, 6.07) is 7.96. The van der Waals surface area contributed by atoms with Crippen LogP contribution in [-0.4, -0.2) is 66.2 Å². The lowest BCUT2D eigenvalue weighted by molar-refractivity contribution is 0.271. The third kappa shape index (κ3) is 4.40. The molecule has 2 aliphatic heterocycles. The summed E-state index contributed by atoms with van der Waals surface area (Å²) in [7, 11) is -3.37. The number of hydrogen-bond acceptors (Lipinski definition) is 4. The molecular weight excluding hydrogens is 388 g/mol. The van der Waals surface area contributed by atoms with Crippen molar-refractivity contribution in [3.05, 3.63) is 45.7 Å². The summed E-state index contributed by atoms with van der Waals surface area (Å²) in [5.41, 5.74) is 2.61. The Labute approximate surface area is 172 Å². The first-order chi connectivity index (χ1) is 13.9. The average Bonchev–Trinajstić information content (AvgIpc) is 2.96. The molecule has 29 heavy (non-hydrogen) atoms. The van der Waals surface area contributed by atoms with Crippen molar-refractivity contribution in [2.45, 2.75) is 39.2 Å². The maximum absolute atomic E-state index is 13.0. The van der Waals surface area contributed by atoms with E-state index in [2.05, 4.69) is 9.88 Å². The number of H-pyrrole nitrogens is 1. The fourth-order valence-corrected chi connectivity index (χ4v) is 6.10. The van der Waals surface area contributed by atoms with E-state index >= 15 is 0 Å². The van der Waals surface area contributed by atoms with E-state index < -0.39 is 10.2 Å². The van der Waals surface area contributed by atoms with E-state index in [0.29, 0.717) is 39.3 Å². The molecule has 2 fully saturated rings. The fraction of sp³-hybridized carbons (Fsp3) is 0.571. The van der Waals surface area contributed by atoms with E-state index in [9.17, 15) is 13.2 Å².